The monoisotopic (exact) mass is 200 g/mol. The Morgan fingerprint density at radius 3 is 3.20 bits per heavy atom. The lowest BCUT2D eigenvalue weighted by Crippen LogP contribution is -2.42. The van der Waals surface area contributed by atoms with E-state index in [1.54, 1.807) is 6.08 Å². The highest BCUT2D eigenvalue weighted by Gasteiger charge is 2.41. The van der Waals surface area contributed by atoms with Crippen LogP contribution in [0.1, 0.15) is 13.3 Å². The van der Waals surface area contributed by atoms with E-state index in [-0.39, 0.29) is 5.54 Å². The van der Waals surface area contributed by atoms with Crippen molar-refractivity contribution in [2.24, 2.45) is 10.3 Å². The number of nitriles is 1. The molecule has 0 unspecified atom stereocenters. The van der Waals surface area contributed by atoms with Crippen LogP contribution in [0.2, 0.25) is 0 Å². The van der Waals surface area contributed by atoms with Crippen molar-refractivity contribution in [3.8, 4) is 6.07 Å². The molecule has 0 amide bonds. The van der Waals surface area contributed by atoms with Gasteiger partial charge in [-0.05, 0) is 19.1 Å². The molecule has 1 aliphatic heterocycles. The topological polar surface area (TPSA) is 51.8 Å². The Morgan fingerprint density at radius 1 is 1.73 bits per heavy atom. The minimum atomic E-state index is -0.270. The second kappa shape index (κ2) is 3.35. The largest absolute Gasteiger partial charge is 0.262 e. The van der Waals surface area contributed by atoms with Crippen LogP contribution in [0.5, 0.6) is 0 Å². The van der Waals surface area contributed by atoms with Crippen LogP contribution in [-0.4, -0.2) is 17.1 Å². The van der Waals surface area contributed by atoms with Gasteiger partial charge in [-0.2, -0.15) is 5.26 Å². The number of rotatable bonds is 2. The highest BCUT2D eigenvalue weighted by atomic mass is 15.6. The molecule has 1 atom stereocenters. The molecule has 0 saturated carbocycles. The minimum Gasteiger partial charge on any atom is -0.262 e. The molecule has 0 radical (unpaired) electrons. The van der Waals surface area contributed by atoms with Crippen LogP contribution < -0.4 is 0 Å². The molecule has 0 bridgehead atoms. The average molecular weight is 200 g/mol. The van der Waals surface area contributed by atoms with Crippen molar-refractivity contribution in [2.45, 2.75) is 18.9 Å². The van der Waals surface area contributed by atoms with Crippen LogP contribution in [0.25, 0.3) is 0 Å². The SMILES string of the molecule is C=CCN1N=NC2=CC=C(C#N)C[C@]21C. The second-order valence-electron chi connectivity index (χ2n) is 3.87. The number of allylic oxidation sites excluding steroid dienone is 2. The van der Waals surface area contributed by atoms with E-state index >= 15 is 0 Å². The molecule has 1 heterocycles. The van der Waals surface area contributed by atoms with Gasteiger partial charge in [0, 0.05) is 12.0 Å². The van der Waals surface area contributed by atoms with Crippen LogP contribution in [0, 0.1) is 11.3 Å². The summed E-state index contributed by atoms with van der Waals surface area (Å²) in [6.07, 6.45) is 6.13. The Morgan fingerprint density at radius 2 is 2.53 bits per heavy atom. The van der Waals surface area contributed by atoms with Gasteiger partial charge in [0.05, 0.1) is 18.3 Å². The quantitative estimate of drug-likeness (QED) is 0.642. The maximum Gasteiger partial charge on any atom is 0.106 e. The van der Waals surface area contributed by atoms with Crippen molar-refractivity contribution in [3.05, 3.63) is 36.1 Å². The van der Waals surface area contributed by atoms with Crippen LogP contribution in [0.15, 0.2) is 46.4 Å². The minimum absolute atomic E-state index is 0.270. The van der Waals surface area contributed by atoms with E-state index in [1.165, 1.54) is 0 Å². The van der Waals surface area contributed by atoms with Gasteiger partial charge >= 0.3 is 0 Å². The standard InChI is InChI=1S/C11H12N4/c1-3-6-15-11(2)7-9(8-12)4-5-10(11)13-14-15/h3-5H,1,6-7H2,2H3/t11-/m1/s1. The van der Waals surface area contributed by atoms with E-state index in [2.05, 4.69) is 23.0 Å². The van der Waals surface area contributed by atoms with Crippen molar-refractivity contribution < 1.29 is 0 Å². The Hall–Kier alpha value is -1.89. The van der Waals surface area contributed by atoms with Gasteiger partial charge in [0.1, 0.15) is 5.54 Å². The highest BCUT2D eigenvalue weighted by molar-refractivity contribution is 5.40. The van der Waals surface area contributed by atoms with Crippen molar-refractivity contribution in [2.75, 3.05) is 6.54 Å². The maximum absolute atomic E-state index is 8.89. The summed E-state index contributed by atoms with van der Waals surface area (Å²) in [7, 11) is 0. The molecule has 0 N–H and O–H groups in total. The summed E-state index contributed by atoms with van der Waals surface area (Å²) in [6.45, 7) is 6.39. The smallest absolute Gasteiger partial charge is 0.106 e. The zero-order valence-electron chi connectivity index (χ0n) is 8.64. The number of fused-ring (bicyclic) bond motifs is 1. The molecular formula is C11H12N4. The summed E-state index contributed by atoms with van der Waals surface area (Å²) in [5, 5.41) is 19.0. The number of hydrogen-bond acceptors (Lipinski definition) is 4. The first-order valence-electron chi connectivity index (χ1n) is 4.82. The van der Waals surface area contributed by atoms with Gasteiger partial charge in [0.15, 0.2) is 0 Å². The van der Waals surface area contributed by atoms with E-state index in [4.69, 9.17) is 5.26 Å². The summed E-state index contributed by atoms with van der Waals surface area (Å²) in [5.41, 5.74) is 1.42. The fourth-order valence-corrected chi connectivity index (χ4v) is 1.88. The van der Waals surface area contributed by atoms with Crippen molar-refractivity contribution in [1.29, 1.82) is 5.26 Å². The predicted molar refractivity (Wildman–Crippen MR) is 56.6 cm³/mol. The molecule has 2 aliphatic rings. The van der Waals surface area contributed by atoms with Crippen molar-refractivity contribution in [1.82, 2.24) is 5.01 Å². The molecule has 1 aliphatic carbocycles. The zero-order chi connectivity index (χ0) is 10.9. The van der Waals surface area contributed by atoms with Crippen LogP contribution in [-0.2, 0) is 0 Å². The maximum atomic E-state index is 8.89. The van der Waals surface area contributed by atoms with Gasteiger partial charge in [-0.25, -0.2) is 0 Å². The molecule has 4 nitrogen and oxygen atoms in total. The predicted octanol–water partition coefficient (Wildman–Crippen LogP) is 2.35. The molecule has 0 fully saturated rings. The van der Waals surface area contributed by atoms with E-state index < -0.39 is 0 Å². The molecule has 2 rings (SSSR count). The molecule has 4 heteroatoms. The molecule has 0 aromatic carbocycles. The van der Waals surface area contributed by atoms with E-state index in [0.29, 0.717) is 13.0 Å². The van der Waals surface area contributed by atoms with Gasteiger partial charge in [0.25, 0.3) is 0 Å². The summed E-state index contributed by atoms with van der Waals surface area (Å²) < 4.78 is 0. The zero-order valence-corrected chi connectivity index (χ0v) is 8.64. The number of hydrogen-bond donors (Lipinski definition) is 0. The molecule has 15 heavy (non-hydrogen) atoms. The Labute approximate surface area is 88.9 Å². The first kappa shape index (κ1) is 9.66. The summed E-state index contributed by atoms with van der Waals surface area (Å²) >= 11 is 0. The summed E-state index contributed by atoms with van der Waals surface area (Å²) in [4.78, 5) is 0. The first-order valence-corrected chi connectivity index (χ1v) is 4.82. The second-order valence-corrected chi connectivity index (χ2v) is 3.87. The lowest BCUT2D eigenvalue weighted by molar-refractivity contribution is 0.179. The number of nitrogens with zero attached hydrogens (tertiary/aromatic N) is 4. The Bertz CT molecular complexity index is 424. The summed E-state index contributed by atoms with van der Waals surface area (Å²) in [5.74, 6) is 0. The third-order valence-corrected chi connectivity index (χ3v) is 2.80. The van der Waals surface area contributed by atoms with Gasteiger partial charge in [-0.15, -0.1) is 11.7 Å². The fourth-order valence-electron chi connectivity index (χ4n) is 1.88. The van der Waals surface area contributed by atoms with E-state index in [0.717, 1.165) is 11.3 Å². The molecule has 76 valence electrons. The first-order chi connectivity index (χ1) is 7.20. The lowest BCUT2D eigenvalue weighted by Gasteiger charge is -2.34. The summed E-state index contributed by atoms with van der Waals surface area (Å²) in [6, 6.07) is 2.19. The van der Waals surface area contributed by atoms with E-state index in [9.17, 15) is 0 Å². The lowest BCUT2D eigenvalue weighted by atomic mass is 9.85. The molecule has 0 spiro atoms. The Balaban J connectivity index is 2.33. The highest BCUT2D eigenvalue weighted by Crippen LogP contribution is 2.39. The molecular weight excluding hydrogens is 188 g/mol. The van der Waals surface area contributed by atoms with Gasteiger partial charge in [-0.3, -0.25) is 5.01 Å². The van der Waals surface area contributed by atoms with Crippen LogP contribution >= 0.6 is 0 Å². The van der Waals surface area contributed by atoms with Gasteiger partial charge < -0.3 is 0 Å². The van der Waals surface area contributed by atoms with Crippen molar-refractivity contribution in [3.63, 3.8) is 0 Å². The van der Waals surface area contributed by atoms with Gasteiger partial charge in [0.2, 0.25) is 0 Å². The van der Waals surface area contributed by atoms with Crippen LogP contribution in [0.4, 0.5) is 0 Å². The van der Waals surface area contributed by atoms with Crippen LogP contribution in [0.3, 0.4) is 0 Å². The molecule has 0 aromatic heterocycles. The third-order valence-electron chi connectivity index (χ3n) is 2.80. The van der Waals surface area contributed by atoms with Crippen molar-refractivity contribution >= 4 is 0 Å². The van der Waals surface area contributed by atoms with E-state index in [1.807, 2.05) is 24.1 Å². The average Bonchev–Trinajstić information content (AvgIpc) is 2.55. The Kier molecular flexibility index (Phi) is 2.16. The molecule has 0 aromatic rings. The van der Waals surface area contributed by atoms with Gasteiger partial charge in [-0.1, -0.05) is 11.3 Å². The third kappa shape index (κ3) is 1.37. The normalized spacial score (nSPS) is 27.9. The molecule has 0 saturated heterocycles. The fraction of sp³-hybridized carbons (Fsp3) is 0.364.